The molecular weight excluding hydrogens is 453 g/mol. The maximum Gasteiger partial charge on any atom is 0.416 e. The Morgan fingerprint density at radius 1 is 1.06 bits per heavy atom. The zero-order chi connectivity index (χ0) is 25.3. The molecule has 0 radical (unpaired) electrons. The molecule has 1 saturated heterocycles. The SMILES string of the molecule is CNCC(CC1CCCCC1)N1CCC[C@@H]([C@@](O)(CCCCOC)c2ccccc2C(F)(F)F)C1. The van der Waals surface area contributed by atoms with Crippen LogP contribution in [0.3, 0.4) is 0 Å². The van der Waals surface area contributed by atoms with Crippen molar-refractivity contribution < 1.29 is 23.0 Å². The molecule has 2 N–H and O–H groups in total. The molecule has 3 atom stereocenters. The number of hydrogen-bond donors (Lipinski definition) is 2. The summed E-state index contributed by atoms with van der Waals surface area (Å²) >= 11 is 0. The summed E-state index contributed by atoms with van der Waals surface area (Å²) in [6.45, 7) is 2.98. The van der Waals surface area contributed by atoms with E-state index in [4.69, 9.17) is 4.74 Å². The predicted molar refractivity (Wildman–Crippen MR) is 134 cm³/mol. The Labute approximate surface area is 209 Å². The minimum Gasteiger partial charge on any atom is -0.385 e. The van der Waals surface area contributed by atoms with Crippen molar-refractivity contribution in [2.45, 2.75) is 88.4 Å². The number of piperidine rings is 1. The van der Waals surface area contributed by atoms with Crippen molar-refractivity contribution in [2.75, 3.05) is 40.4 Å². The van der Waals surface area contributed by atoms with E-state index in [0.717, 1.165) is 44.3 Å². The average Bonchev–Trinajstić information content (AvgIpc) is 2.86. The Morgan fingerprint density at radius 3 is 2.43 bits per heavy atom. The van der Waals surface area contributed by atoms with Gasteiger partial charge in [0.1, 0.15) is 0 Å². The number of halogens is 3. The molecule has 200 valence electrons. The normalized spacial score (nSPS) is 23.2. The zero-order valence-electron chi connectivity index (χ0n) is 21.6. The molecule has 1 aliphatic heterocycles. The van der Waals surface area contributed by atoms with Crippen molar-refractivity contribution in [2.24, 2.45) is 11.8 Å². The summed E-state index contributed by atoms with van der Waals surface area (Å²) < 4.78 is 47.2. The molecule has 3 rings (SSSR count). The number of unbranched alkanes of at least 4 members (excludes halogenated alkanes) is 1. The second kappa shape index (κ2) is 13.4. The number of benzene rings is 1. The van der Waals surface area contributed by atoms with Crippen molar-refractivity contribution in [1.29, 1.82) is 0 Å². The minimum absolute atomic E-state index is 0.0363. The maximum atomic E-state index is 14.0. The van der Waals surface area contributed by atoms with E-state index in [1.807, 2.05) is 7.05 Å². The summed E-state index contributed by atoms with van der Waals surface area (Å²) in [4.78, 5) is 2.45. The van der Waals surface area contributed by atoms with Crippen molar-refractivity contribution in [3.05, 3.63) is 35.4 Å². The van der Waals surface area contributed by atoms with E-state index in [2.05, 4.69) is 10.2 Å². The number of ether oxygens (including phenoxy) is 1. The number of hydrogen-bond acceptors (Lipinski definition) is 4. The summed E-state index contributed by atoms with van der Waals surface area (Å²) in [6.07, 6.45) is 6.38. The molecule has 4 nitrogen and oxygen atoms in total. The second-order valence-corrected chi connectivity index (χ2v) is 10.7. The highest BCUT2D eigenvalue weighted by Gasteiger charge is 2.46. The quantitative estimate of drug-likeness (QED) is 0.348. The van der Waals surface area contributed by atoms with E-state index >= 15 is 0 Å². The van der Waals surface area contributed by atoms with Crippen molar-refractivity contribution in [1.82, 2.24) is 10.2 Å². The first-order chi connectivity index (χ1) is 16.8. The highest BCUT2D eigenvalue weighted by atomic mass is 19.4. The highest BCUT2D eigenvalue weighted by molar-refractivity contribution is 5.35. The highest BCUT2D eigenvalue weighted by Crippen LogP contribution is 2.45. The van der Waals surface area contributed by atoms with E-state index < -0.39 is 17.3 Å². The number of alkyl halides is 3. The fraction of sp³-hybridized carbons (Fsp3) is 0.786. The van der Waals surface area contributed by atoms with Gasteiger partial charge in [-0.1, -0.05) is 50.3 Å². The first-order valence-electron chi connectivity index (χ1n) is 13.6. The van der Waals surface area contributed by atoms with E-state index in [1.54, 1.807) is 13.2 Å². The van der Waals surface area contributed by atoms with Crippen LogP contribution in [0.15, 0.2) is 24.3 Å². The molecular formula is C28H45F3N2O2. The van der Waals surface area contributed by atoms with Gasteiger partial charge < -0.3 is 15.2 Å². The van der Waals surface area contributed by atoms with Gasteiger partial charge >= 0.3 is 6.18 Å². The van der Waals surface area contributed by atoms with Gasteiger partial charge in [-0.2, -0.15) is 13.2 Å². The Morgan fingerprint density at radius 2 is 1.77 bits per heavy atom. The molecule has 0 spiro atoms. The van der Waals surface area contributed by atoms with Crippen LogP contribution in [0.5, 0.6) is 0 Å². The van der Waals surface area contributed by atoms with Crippen LogP contribution in [-0.4, -0.2) is 56.4 Å². The van der Waals surface area contributed by atoms with Crippen molar-refractivity contribution in [3.63, 3.8) is 0 Å². The summed E-state index contributed by atoms with van der Waals surface area (Å²) in [6, 6.07) is 5.99. The third-order valence-corrected chi connectivity index (χ3v) is 8.27. The zero-order valence-corrected chi connectivity index (χ0v) is 21.6. The van der Waals surface area contributed by atoms with Crippen molar-refractivity contribution in [3.8, 4) is 0 Å². The van der Waals surface area contributed by atoms with Crippen LogP contribution >= 0.6 is 0 Å². The van der Waals surface area contributed by atoms with Gasteiger partial charge in [0.25, 0.3) is 0 Å². The van der Waals surface area contributed by atoms with Crippen LogP contribution in [0.1, 0.15) is 81.8 Å². The van der Waals surface area contributed by atoms with Gasteiger partial charge in [0.15, 0.2) is 0 Å². The third kappa shape index (κ3) is 7.67. The Kier molecular flexibility index (Phi) is 10.9. The van der Waals surface area contributed by atoms with Gasteiger partial charge in [-0.15, -0.1) is 0 Å². The van der Waals surface area contributed by atoms with Gasteiger partial charge in [0, 0.05) is 38.8 Å². The molecule has 2 aliphatic rings. The van der Waals surface area contributed by atoms with E-state index in [9.17, 15) is 18.3 Å². The number of nitrogens with zero attached hydrogens (tertiary/aromatic N) is 1. The van der Waals surface area contributed by atoms with Gasteiger partial charge in [-0.3, -0.25) is 4.90 Å². The van der Waals surface area contributed by atoms with Crippen LogP contribution in [0.25, 0.3) is 0 Å². The Hall–Kier alpha value is -1.15. The van der Waals surface area contributed by atoms with Crippen LogP contribution in [0.4, 0.5) is 13.2 Å². The molecule has 1 aromatic rings. The molecule has 35 heavy (non-hydrogen) atoms. The molecule has 1 aromatic carbocycles. The lowest BCUT2D eigenvalue weighted by molar-refractivity contribution is -0.143. The van der Waals surface area contributed by atoms with Gasteiger partial charge in [-0.25, -0.2) is 0 Å². The molecule has 1 saturated carbocycles. The number of nitrogens with one attached hydrogen (secondary N) is 1. The van der Waals surface area contributed by atoms with E-state index in [1.165, 1.54) is 44.2 Å². The first kappa shape index (κ1) is 28.4. The lowest BCUT2D eigenvalue weighted by atomic mass is 9.72. The topological polar surface area (TPSA) is 44.7 Å². The summed E-state index contributed by atoms with van der Waals surface area (Å²) in [5, 5.41) is 15.5. The second-order valence-electron chi connectivity index (χ2n) is 10.7. The minimum atomic E-state index is -4.50. The number of rotatable bonds is 12. The van der Waals surface area contributed by atoms with E-state index in [-0.39, 0.29) is 11.5 Å². The molecule has 0 amide bonds. The molecule has 1 unspecified atom stereocenters. The molecule has 2 fully saturated rings. The molecule has 0 bridgehead atoms. The lowest BCUT2D eigenvalue weighted by Crippen LogP contribution is -2.52. The molecule has 1 aliphatic carbocycles. The number of likely N-dealkylation sites (N-methyl/N-ethyl adjacent to an activating group) is 1. The molecule has 0 aromatic heterocycles. The van der Waals surface area contributed by atoms with Crippen LogP contribution < -0.4 is 5.32 Å². The Bertz CT molecular complexity index is 754. The Balaban J connectivity index is 1.85. The summed E-state index contributed by atoms with van der Waals surface area (Å²) in [5.74, 6) is 0.481. The van der Waals surface area contributed by atoms with Gasteiger partial charge in [0.2, 0.25) is 0 Å². The van der Waals surface area contributed by atoms with Crippen molar-refractivity contribution >= 4 is 0 Å². The largest absolute Gasteiger partial charge is 0.416 e. The predicted octanol–water partition coefficient (Wildman–Crippen LogP) is 5.98. The molecule has 7 heteroatoms. The van der Waals surface area contributed by atoms with Crippen LogP contribution in [0, 0.1) is 11.8 Å². The first-order valence-corrected chi connectivity index (χ1v) is 13.6. The monoisotopic (exact) mass is 498 g/mol. The van der Waals surface area contributed by atoms with Gasteiger partial charge in [-0.05, 0) is 69.7 Å². The van der Waals surface area contributed by atoms with Gasteiger partial charge in [0.05, 0.1) is 11.2 Å². The fourth-order valence-corrected chi connectivity index (χ4v) is 6.44. The number of likely N-dealkylation sites (tertiary alicyclic amines) is 1. The lowest BCUT2D eigenvalue weighted by Gasteiger charge is -2.46. The van der Waals surface area contributed by atoms with Crippen LogP contribution in [0.2, 0.25) is 0 Å². The molecule has 1 heterocycles. The average molecular weight is 499 g/mol. The summed E-state index contributed by atoms with van der Waals surface area (Å²) in [5.41, 5.74) is -2.19. The summed E-state index contributed by atoms with van der Waals surface area (Å²) in [7, 11) is 3.60. The number of methoxy groups -OCH3 is 1. The maximum absolute atomic E-state index is 14.0. The smallest absolute Gasteiger partial charge is 0.385 e. The fourth-order valence-electron chi connectivity index (χ4n) is 6.44. The van der Waals surface area contributed by atoms with E-state index in [0.29, 0.717) is 38.5 Å². The third-order valence-electron chi connectivity index (χ3n) is 8.27. The van der Waals surface area contributed by atoms with Crippen LogP contribution in [-0.2, 0) is 16.5 Å². The number of aliphatic hydroxyl groups is 1. The standard InChI is InChI=1S/C28H45F3N2O2/c1-32-20-24(19-22-11-4-3-5-12-22)33-17-10-13-23(21-33)27(34,16-8-9-18-35-2)25-14-6-7-15-26(25)28(29,30)31/h6-7,14-15,22-24,32,34H,3-5,8-13,16-21H2,1-2H3/t23-,24?,27+/m1/s1.